The predicted molar refractivity (Wildman–Crippen MR) is 80.5 cm³/mol. The van der Waals surface area contributed by atoms with Gasteiger partial charge in [-0.2, -0.15) is 0 Å². The molecule has 1 aromatic heterocycles. The van der Waals surface area contributed by atoms with E-state index < -0.39 is 6.10 Å². The minimum Gasteiger partial charge on any atom is -0.389 e. The van der Waals surface area contributed by atoms with Gasteiger partial charge in [-0.1, -0.05) is 6.42 Å². The average Bonchev–Trinajstić information content (AvgIpc) is 2.71. The maximum atomic E-state index is 12.2. The van der Waals surface area contributed by atoms with Crippen LogP contribution in [-0.4, -0.2) is 41.4 Å². The molecule has 1 aromatic rings. The molecular weight excluding hydrogens is 288 g/mol. The zero-order valence-electron chi connectivity index (χ0n) is 12.3. The van der Waals surface area contributed by atoms with Crippen LogP contribution in [0.3, 0.4) is 0 Å². The molecule has 2 atom stereocenters. The van der Waals surface area contributed by atoms with Crippen LogP contribution in [0.4, 0.5) is 0 Å². The molecule has 3 rings (SSSR count). The Morgan fingerprint density at radius 2 is 2.29 bits per heavy atom. The highest BCUT2D eigenvalue weighted by atomic mass is 32.1. The first-order chi connectivity index (χ1) is 10.1. The van der Waals surface area contributed by atoms with Crippen molar-refractivity contribution in [1.82, 2.24) is 10.3 Å². The van der Waals surface area contributed by atoms with E-state index in [1.165, 1.54) is 24.3 Å². The van der Waals surface area contributed by atoms with Gasteiger partial charge < -0.3 is 15.2 Å². The second kappa shape index (κ2) is 6.42. The third-order valence-electron chi connectivity index (χ3n) is 4.36. The van der Waals surface area contributed by atoms with Crippen LogP contribution >= 0.6 is 11.3 Å². The molecule has 0 aromatic carbocycles. The van der Waals surface area contributed by atoms with Gasteiger partial charge in [0.15, 0.2) is 0 Å². The van der Waals surface area contributed by atoms with Gasteiger partial charge in [-0.3, -0.25) is 4.79 Å². The molecule has 1 saturated heterocycles. The van der Waals surface area contributed by atoms with Crippen molar-refractivity contribution >= 4 is 17.2 Å². The molecule has 0 bridgehead atoms. The van der Waals surface area contributed by atoms with Gasteiger partial charge in [-0.05, 0) is 26.2 Å². The highest BCUT2D eigenvalue weighted by Gasteiger charge is 2.27. The third kappa shape index (κ3) is 3.44. The Labute approximate surface area is 128 Å². The van der Waals surface area contributed by atoms with Gasteiger partial charge in [0.2, 0.25) is 5.91 Å². The Balaban J connectivity index is 1.57. The molecule has 1 aliphatic heterocycles. The van der Waals surface area contributed by atoms with Crippen molar-refractivity contribution in [3.05, 3.63) is 15.6 Å². The number of nitrogens with one attached hydrogen (secondary N) is 1. The lowest BCUT2D eigenvalue weighted by Gasteiger charge is -2.28. The normalized spacial score (nSPS) is 26.4. The first-order valence-electron chi connectivity index (χ1n) is 7.65. The minimum absolute atomic E-state index is 0.0344. The first-order valence-corrected chi connectivity index (χ1v) is 8.46. The second-order valence-corrected chi connectivity index (χ2v) is 7.09. The Morgan fingerprint density at radius 1 is 1.48 bits per heavy atom. The standard InChI is InChI=1S/C15H22N2O3S/c1-9-13(21-15(16-9)10-3-2-4-10)7-14(19)17-11-5-6-20-8-12(11)18/h10-12,18H,2-8H2,1H3,(H,17,19)/t11-,12-/m1/s1. The number of aromatic nitrogens is 1. The Bertz CT molecular complexity index is 513. The number of thiazole rings is 1. The number of ether oxygens (including phenoxy) is 1. The highest BCUT2D eigenvalue weighted by molar-refractivity contribution is 7.12. The van der Waals surface area contributed by atoms with Crippen LogP contribution in [0.2, 0.25) is 0 Å². The van der Waals surface area contributed by atoms with Crippen LogP contribution in [0.5, 0.6) is 0 Å². The number of hydrogen-bond donors (Lipinski definition) is 2. The molecule has 0 spiro atoms. The molecule has 116 valence electrons. The van der Waals surface area contributed by atoms with Crippen molar-refractivity contribution in [2.24, 2.45) is 0 Å². The monoisotopic (exact) mass is 310 g/mol. The quantitative estimate of drug-likeness (QED) is 0.884. The van der Waals surface area contributed by atoms with E-state index in [0.29, 0.717) is 32.0 Å². The molecule has 2 fully saturated rings. The van der Waals surface area contributed by atoms with E-state index in [9.17, 15) is 9.90 Å². The van der Waals surface area contributed by atoms with Gasteiger partial charge >= 0.3 is 0 Å². The summed E-state index contributed by atoms with van der Waals surface area (Å²) in [6, 6.07) is -0.189. The second-order valence-electron chi connectivity index (χ2n) is 5.97. The molecule has 1 amide bonds. The zero-order valence-corrected chi connectivity index (χ0v) is 13.1. The average molecular weight is 310 g/mol. The molecule has 6 heteroatoms. The number of aliphatic hydroxyl groups excluding tert-OH is 1. The first kappa shape index (κ1) is 14.9. The van der Waals surface area contributed by atoms with Crippen molar-refractivity contribution in [2.45, 2.75) is 57.1 Å². The molecule has 0 radical (unpaired) electrons. The number of hydrogen-bond acceptors (Lipinski definition) is 5. The number of nitrogens with zero attached hydrogens (tertiary/aromatic N) is 1. The van der Waals surface area contributed by atoms with Crippen molar-refractivity contribution in [3.63, 3.8) is 0 Å². The zero-order chi connectivity index (χ0) is 14.8. The summed E-state index contributed by atoms with van der Waals surface area (Å²) in [7, 11) is 0. The summed E-state index contributed by atoms with van der Waals surface area (Å²) in [4.78, 5) is 17.8. The molecule has 2 N–H and O–H groups in total. The van der Waals surface area contributed by atoms with Gasteiger partial charge in [-0.15, -0.1) is 11.3 Å². The Hall–Kier alpha value is -0.980. The molecule has 2 aliphatic rings. The van der Waals surface area contributed by atoms with Crippen molar-refractivity contribution < 1.29 is 14.6 Å². The predicted octanol–water partition coefficient (Wildman–Crippen LogP) is 1.53. The van der Waals surface area contributed by atoms with E-state index in [1.807, 2.05) is 6.92 Å². The van der Waals surface area contributed by atoms with Crippen LogP contribution in [0.1, 0.15) is 47.2 Å². The number of aliphatic hydroxyl groups is 1. The van der Waals surface area contributed by atoms with E-state index in [4.69, 9.17) is 4.74 Å². The van der Waals surface area contributed by atoms with Gasteiger partial charge in [0.05, 0.1) is 35.9 Å². The van der Waals surface area contributed by atoms with E-state index >= 15 is 0 Å². The summed E-state index contributed by atoms with van der Waals surface area (Å²) in [5.41, 5.74) is 0.976. The van der Waals surface area contributed by atoms with E-state index in [0.717, 1.165) is 10.6 Å². The number of carbonyl (C=O) groups is 1. The van der Waals surface area contributed by atoms with Gasteiger partial charge in [0.1, 0.15) is 0 Å². The Kier molecular flexibility index (Phi) is 4.57. The molecule has 1 saturated carbocycles. The van der Waals surface area contributed by atoms with Gasteiger partial charge in [0.25, 0.3) is 0 Å². The summed E-state index contributed by atoms with van der Waals surface area (Å²) in [5, 5.41) is 13.9. The fourth-order valence-electron chi connectivity index (χ4n) is 2.74. The van der Waals surface area contributed by atoms with E-state index in [2.05, 4.69) is 10.3 Å². The minimum atomic E-state index is -0.601. The third-order valence-corrected chi connectivity index (χ3v) is 5.68. The lowest BCUT2D eigenvalue weighted by molar-refractivity contribution is -0.123. The molecule has 1 aliphatic carbocycles. The number of rotatable bonds is 4. The van der Waals surface area contributed by atoms with Crippen molar-refractivity contribution in [2.75, 3.05) is 13.2 Å². The van der Waals surface area contributed by atoms with Gasteiger partial charge in [-0.25, -0.2) is 4.98 Å². The topological polar surface area (TPSA) is 71.5 Å². The lowest BCUT2D eigenvalue weighted by atomic mass is 9.86. The summed E-state index contributed by atoms with van der Waals surface area (Å²) in [6.45, 7) is 2.87. The summed E-state index contributed by atoms with van der Waals surface area (Å²) < 4.78 is 5.17. The van der Waals surface area contributed by atoms with Crippen LogP contribution in [-0.2, 0) is 16.0 Å². The van der Waals surface area contributed by atoms with Crippen LogP contribution < -0.4 is 5.32 Å². The van der Waals surface area contributed by atoms with Crippen LogP contribution in [0.25, 0.3) is 0 Å². The molecule has 5 nitrogen and oxygen atoms in total. The molecule has 0 unspecified atom stereocenters. The maximum Gasteiger partial charge on any atom is 0.225 e. The Morgan fingerprint density at radius 3 is 2.95 bits per heavy atom. The van der Waals surface area contributed by atoms with Crippen LogP contribution in [0, 0.1) is 6.92 Å². The summed E-state index contributed by atoms with van der Waals surface area (Å²) in [6.07, 6.45) is 4.18. The molecule has 2 heterocycles. The van der Waals surface area contributed by atoms with Crippen molar-refractivity contribution in [3.8, 4) is 0 Å². The number of carbonyl (C=O) groups excluding carboxylic acids is 1. The van der Waals surface area contributed by atoms with Crippen molar-refractivity contribution in [1.29, 1.82) is 0 Å². The maximum absolute atomic E-state index is 12.2. The molecule has 21 heavy (non-hydrogen) atoms. The number of amides is 1. The highest BCUT2D eigenvalue weighted by Crippen LogP contribution is 2.39. The number of aryl methyl sites for hydroxylation is 1. The summed E-state index contributed by atoms with van der Waals surface area (Å²) >= 11 is 1.68. The fraction of sp³-hybridized carbons (Fsp3) is 0.733. The fourth-order valence-corrected chi connectivity index (χ4v) is 3.97. The molecular formula is C15H22N2O3S. The lowest BCUT2D eigenvalue weighted by Crippen LogP contribution is -2.49. The summed E-state index contributed by atoms with van der Waals surface area (Å²) in [5.74, 6) is 0.579. The SMILES string of the molecule is Cc1nc(C2CCC2)sc1CC(=O)N[C@@H]1CCOC[C@H]1O. The van der Waals surface area contributed by atoms with E-state index in [-0.39, 0.29) is 11.9 Å². The largest absolute Gasteiger partial charge is 0.389 e. The van der Waals surface area contributed by atoms with E-state index in [1.54, 1.807) is 11.3 Å². The van der Waals surface area contributed by atoms with Gasteiger partial charge in [0, 0.05) is 17.4 Å². The van der Waals surface area contributed by atoms with Crippen LogP contribution in [0.15, 0.2) is 0 Å². The smallest absolute Gasteiger partial charge is 0.225 e.